The molecule has 100 valence electrons. The van der Waals surface area contributed by atoms with Crippen molar-refractivity contribution >= 4 is 12.0 Å². The monoisotopic (exact) mass is 256 g/mol. The van der Waals surface area contributed by atoms with Gasteiger partial charge in [-0.15, -0.1) is 0 Å². The van der Waals surface area contributed by atoms with E-state index in [1.807, 2.05) is 24.3 Å². The number of benzene rings is 1. The minimum atomic E-state index is -0.0576. The van der Waals surface area contributed by atoms with Crippen LogP contribution in [0, 0.1) is 11.8 Å². The van der Waals surface area contributed by atoms with Crippen LogP contribution in [0.1, 0.15) is 44.1 Å². The average molecular weight is 256 g/mol. The summed E-state index contributed by atoms with van der Waals surface area (Å²) in [5.41, 5.74) is 1.12. The third-order valence-electron chi connectivity index (χ3n) is 4.31. The Balaban J connectivity index is 1.82. The normalized spacial score (nSPS) is 26.6. The van der Waals surface area contributed by atoms with Crippen LogP contribution in [0.5, 0.6) is 0 Å². The number of allylic oxidation sites excluding steroid dienone is 1. The van der Waals surface area contributed by atoms with Gasteiger partial charge in [0.2, 0.25) is 0 Å². The average Bonchev–Trinajstić information content (AvgIpc) is 2.82. The second kappa shape index (κ2) is 5.60. The van der Waals surface area contributed by atoms with E-state index < -0.39 is 0 Å². The number of rotatable bonds is 2. The van der Waals surface area contributed by atoms with Gasteiger partial charge in [-0.1, -0.05) is 49.6 Å². The van der Waals surface area contributed by atoms with Gasteiger partial charge in [-0.05, 0) is 30.4 Å². The Morgan fingerprint density at radius 2 is 1.79 bits per heavy atom. The predicted octanol–water partition coefficient (Wildman–Crippen LogP) is 4.17. The van der Waals surface area contributed by atoms with Crippen molar-refractivity contribution in [3.8, 4) is 0 Å². The maximum Gasteiger partial charge on any atom is 0.311 e. The summed E-state index contributed by atoms with van der Waals surface area (Å²) in [6.07, 6.45) is 9.05. The number of hydrogen-bond acceptors (Lipinski definition) is 2. The molecule has 2 aliphatic rings. The van der Waals surface area contributed by atoms with Gasteiger partial charge >= 0.3 is 5.97 Å². The van der Waals surface area contributed by atoms with Gasteiger partial charge in [-0.3, -0.25) is 4.79 Å². The summed E-state index contributed by atoms with van der Waals surface area (Å²) in [4.78, 5) is 11.6. The molecule has 1 aliphatic heterocycles. The van der Waals surface area contributed by atoms with Crippen LogP contribution >= 0.6 is 0 Å². The fourth-order valence-electron chi connectivity index (χ4n) is 3.31. The number of hydrogen-bond donors (Lipinski definition) is 0. The molecule has 19 heavy (non-hydrogen) atoms. The molecule has 1 aromatic carbocycles. The molecule has 1 heterocycles. The SMILES string of the molecule is O=C1CC(C2CCCCC2)/C(=C/c2ccccc2)O1. The molecule has 0 N–H and O–H groups in total. The van der Waals surface area contributed by atoms with Crippen LogP contribution < -0.4 is 0 Å². The van der Waals surface area contributed by atoms with E-state index >= 15 is 0 Å². The van der Waals surface area contributed by atoms with Gasteiger partial charge in [0.05, 0.1) is 6.42 Å². The van der Waals surface area contributed by atoms with E-state index in [-0.39, 0.29) is 5.97 Å². The Morgan fingerprint density at radius 3 is 2.53 bits per heavy atom. The standard InChI is InChI=1S/C17H20O2/c18-17-12-15(14-9-5-2-6-10-14)16(19-17)11-13-7-3-1-4-8-13/h1,3-4,7-8,11,14-15H,2,5-6,9-10,12H2/b16-11-. The Morgan fingerprint density at radius 1 is 1.05 bits per heavy atom. The fraction of sp³-hybridized carbons (Fsp3) is 0.471. The predicted molar refractivity (Wildman–Crippen MR) is 75.2 cm³/mol. The summed E-state index contributed by atoms with van der Waals surface area (Å²) >= 11 is 0. The van der Waals surface area contributed by atoms with Crippen LogP contribution in [0.3, 0.4) is 0 Å². The molecule has 0 amide bonds. The first kappa shape index (κ1) is 12.5. The van der Waals surface area contributed by atoms with Crippen molar-refractivity contribution in [2.24, 2.45) is 11.8 Å². The van der Waals surface area contributed by atoms with E-state index in [9.17, 15) is 4.79 Å². The van der Waals surface area contributed by atoms with Gasteiger partial charge in [-0.25, -0.2) is 0 Å². The molecule has 1 unspecified atom stereocenters. The van der Waals surface area contributed by atoms with Gasteiger partial charge in [0, 0.05) is 5.92 Å². The summed E-state index contributed by atoms with van der Waals surface area (Å²) < 4.78 is 5.45. The van der Waals surface area contributed by atoms with Gasteiger partial charge in [0.1, 0.15) is 5.76 Å². The molecule has 2 heteroatoms. The molecular formula is C17H20O2. The lowest BCUT2D eigenvalue weighted by Crippen LogP contribution is -2.17. The summed E-state index contributed by atoms with van der Waals surface area (Å²) in [7, 11) is 0. The number of cyclic esters (lactones) is 1. The quantitative estimate of drug-likeness (QED) is 0.742. The lowest BCUT2D eigenvalue weighted by molar-refractivity contribution is -0.135. The Kier molecular flexibility index (Phi) is 3.67. The van der Waals surface area contributed by atoms with Crippen molar-refractivity contribution in [2.75, 3.05) is 0 Å². The van der Waals surface area contributed by atoms with Crippen molar-refractivity contribution < 1.29 is 9.53 Å². The van der Waals surface area contributed by atoms with E-state index in [0.717, 1.165) is 11.3 Å². The first-order valence-electron chi connectivity index (χ1n) is 7.30. The summed E-state index contributed by atoms with van der Waals surface area (Å²) in [5.74, 6) is 1.78. The van der Waals surface area contributed by atoms with Crippen LogP contribution in [0.4, 0.5) is 0 Å². The first-order valence-corrected chi connectivity index (χ1v) is 7.30. The molecular weight excluding hydrogens is 236 g/mol. The zero-order valence-corrected chi connectivity index (χ0v) is 11.2. The van der Waals surface area contributed by atoms with E-state index in [1.165, 1.54) is 32.1 Å². The third-order valence-corrected chi connectivity index (χ3v) is 4.31. The lowest BCUT2D eigenvalue weighted by atomic mass is 9.78. The topological polar surface area (TPSA) is 26.3 Å². The van der Waals surface area contributed by atoms with Crippen LogP contribution in [-0.2, 0) is 9.53 Å². The lowest BCUT2D eigenvalue weighted by Gasteiger charge is -2.26. The zero-order chi connectivity index (χ0) is 13.1. The van der Waals surface area contributed by atoms with Crippen molar-refractivity contribution in [2.45, 2.75) is 38.5 Å². The third kappa shape index (κ3) is 2.89. The van der Waals surface area contributed by atoms with Gasteiger partial charge < -0.3 is 4.74 Å². The molecule has 1 saturated carbocycles. The molecule has 1 atom stereocenters. The molecule has 3 rings (SSSR count). The maximum absolute atomic E-state index is 11.6. The molecule has 0 aromatic heterocycles. The van der Waals surface area contributed by atoms with Crippen molar-refractivity contribution in [1.82, 2.24) is 0 Å². The molecule has 0 spiro atoms. The Bertz CT molecular complexity index is 469. The molecule has 1 saturated heterocycles. The minimum Gasteiger partial charge on any atom is -0.431 e. The number of carbonyl (C=O) groups excluding carboxylic acids is 1. The van der Waals surface area contributed by atoms with Gasteiger partial charge in [0.25, 0.3) is 0 Å². The van der Waals surface area contributed by atoms with Crippen molar-refractivity contribution in [3.63, 3.8) is 0 Å². The molecule has 2 fully saturated rings. The summed E-state index contributed by atoms with van der Waals surface area (Å²) in [6, 6.07) is 10.1. The fourth-order valence-corrected chi connectivity index (χ4v) is 3.31. The molecule has 0 bridgehead atoms. The minimum absolute atomic E-state index is 0.0576. The highest BCUT2D eigenvalue weighted by atomic mass is 16.5. The molecule has 0 radical (unpaired) electrons. The molecule has 1 aromatic rings. The summed E-state index contributed by atoms with van der Waals surface area (Å²) in [5, 5.41) is 0. The Hall–Kier alpha value is -1.57. The highest BCUT2D eigenvalue weighted by Crippen LogP contribution is 2.40. The Labute approximate surface area is 114 Å². The van der Waals surface area contributed by atoms with Crippen molar-refractivity contribution in [3.05, 3.63) is 41.7 Å². The number of carbonyl (C=O) groups is 1. The number of ether oxygens (including phenoxy) is 1. The van der Waals surface area contributed by atoms with E-state index in [2.05, 4.69) is 12.1 Å². The van der Waals surface area contributed by atoms with Crippen LogP contribution in [0.2, 0.25) is 0 Å². The highest BCUT2D eigenvalue weighted by molar-refractivity contribution is 5.76. The maximum atomic E-state index is 11.6. The molecule has 1 aliphatic carbocycles. The zero-order valence-electron chi connectivity index (χ0n) is 11.2. The van der Waals surface area contributed by atoms with Crippen LogP contribution in [-0.4, -0.2) is 5.97 Å². The van der Waals surface area contributed by atoms with E-state index in [0.29, 0.717) is 18.3 Å². The number of esters is 1. The van der Waals surface area contributed by atoms with Gasteiger partial charge in [0.15, 0.2) is 0 Å². The van der Waals surface area contributed by atoms with E-state index in [4.69, 9.17) is 4.74 Å². The van der Waals surface area contributed by atoms with Crippen LogP contribution in [0.15, 0.2) is 36.1 Å². The highest BCUT2D eigenvalue weighted by Gasteiger charge is 2.36. The largest absolute Gasteiger partial charge is 0.431 e. The second-order valence-corrected chi connectivity index (χ2v) is 5.64. The van der Waals surface area contributed by atoms with Crippen LogP contribution in [0.25, 0.3) is 6.08 Å². The second-order valence-electron chi connectivity index (χ2n) is 5.64. The smallest absolute Gasteiger partial charge is 0.311 e. The van der Waals surface area contributed by atoms with Crippen molar-refractivity contribution in [1.29, 1.82) is 0 Å². The first-order chi connectivity index (χ1) is 9.33. The van der Waals surface area contributed by atoms with E-state index in [1.54, 1.807) is 0 Å². The van der Waals surface area contributed by atoms with Gasteiger partial charge in [-0.2, -0.15) is 0 Å². The summed E-state index contributed by atoms with van der Waals surface area (Å²) in [6.45, 7) is 0. The molecule has 2 nitrogen and oxygen atoms in total.